The van der Waals surface area contributed by atoms with Crippen molar-refractivity contribution in [3.8, 4) is 0 Å². The Balaban J connectivity index is 3.93. The van der Waals surface area contributed by atoms with E-state index in [-0.39, 0.29) is 0 Å². The van der Waals surface area contributed by atoms with Gasteiger partial charge >= 0.3 is 0 Å². The van der Waals surface area contributed by atoms with Gasteiger partial charge in [-0.2, -0.15) is 0 Å². The Morgan fingerprint density at radius 3 is 1.45 bits per heavy atom. The van der Waals surface area contributed by atoms with Gasteiger partial charge in [0.25, 0.3) is 0 Å². The molecule has 0 spiro atoms. The van der Waals surface area contributed by atoms with Crippen molar-refractivity contribution in [1.29, 1.82) is 0 Å². The maximum atomic E-state index is 12.2. The van der Waals surface area contributed by atoms with Crippen LogP contribution in [0.1, 0.15) is 136 Å². The lowest BCUT2D eigenvalue weighted by Crippen LogP contribution is -2.53. The van der Waals surface area contributed by atoms with E-state index in [1.807, 2.05) is 0 Å². The summed E-state index contributed by atoms with van der Waals surface area (Å²) in [7, 11) is 0. The summed E-state index contributed by atoms with van der Waals surface area (Å²) in [5.41, 5.74) is 0. The van der Waals surface area contributed by atoms with Crippen LogP contribution >= 0.6 is 0 Å². The minimum atomic E-state index is -1.25. The Morgan fingerprint density at radius 2 is 1.03 bits per heavy atom. The standard InChI is InChI=1S/C27H55NO5/c1-3-5-7-9-11-12-13-14-15-17-19-21-25(31)27(33)28-23(22-29)26(32)24(30)20-18-16-10-8-6-4-2/h23-26,29-32H,3-22H2,1-2H3,(H,28,33). The third kappa shape index (κ3) is 18.3. The first-order chi connectivity index (χ1) is 16.0. The molecule has 0 bridgehead atoms. The maximum Gasteiger partial charge on any atom is 0.249 e. The summed E-state index contributed by atoms with van der Waals surface area (Å²) in [5, 5.41) is 42.7. The highest BCUT2D eigenvalue weighted by Crippen LogP contribution is 2.14. The van der Waals surface area contributed by atoms with Crippen LogP contribution < -0.4 is 5.32 Å². The number of aliphatic hydroxyl groups is 4. The Bertz CT molecular complexity index is 435. The number of rotatable bonds is 24. The molecule has 6 nitrogen and oxygen atoms in total. The van der Waals surface area contributed by atoms with Crippen LogP contribution in [0.4, 0.5) is 0 Å². The number of carbonyl (C=O) groups excluding carboxylic acids is 1. The lowest BCUT2D eigenvalue weighted by Gasteiger charge is -2.27. The summed E-state index contributed by atoms with van der Waals surface area (Å²) in [5.74, 6) is -0.591. The number of hydrogen-bond acceptors (Lipinski definition) is 5. The van der Waals surface area contributed by atoms with Gasteiger partial charge in [-0.25, -0.2) is 0 Å². The van der Waals surface area contributed by atoms with Crippen molar-refractivity contribution in [2.24, 2.45) is 0 Å². The van der Waals surface area contributed by atoms with Gasteiger partial charge in [0.2, 0.25) is 5.91 Å². The largest absolute Gasteiger partial charge is 0.394 e. The second-order valence-electron chi connectivity index (χ2n) is 9.75. The molecule has 4 atom stereocenters. The van der Waals surface area contributed by atoms with Crippen LogP contribution in [0.15, 0.2) is 0 Å². The zero-order chi connectivity index (χ0) is 24.7. The normalized spacial score (nSPS) is 15.2. The Morgan fingerprint density at radius 1 is 0.636 bits per heavy atom. The van der Waals surface area contributed by atoms with Gasteiger partial charge in [0.05, 0.1) is 18.8 Å². The molecule has 0 rings (SSSR count). The molecule has 0 aliphatic heterocycles. The van der Waals surface area contributed by atoms with Crippen molar-refractivity contribution in [2.45, 2.75) is 160 Å². The van der Waals surface area contributed by atoms with E-state index in [0.29, 0.717) is 12.8 Å². The van der Waals surface area contributed by atoms with Crippen LogP contribution in [0.25, 0.3) is 0 Å². The molecule has 0 fully saturated rings. The first kappa shape index (κ1) is 32.3. The molecular formula is C27H55NO5. The average Bonchev–Trinajstić information content (AvgIpc) is 2.82. The molecule has 0 saturated carbocycles. The lowest BCUT2D eigenvalue weighted by molar-refractivity contribution is -0.132. The summed E-state index contributed by atoms with van der Waals surface area (Å²) in [4.78, 5) is 12.2. The van der Waals surface area contributed by atoms with Gasteiger partial charge in [-0.15, -0.1) is 0 Å². The van der Waals surface area contributed by atoms with Crippen molar-refractivity contribution in [3.63, 3.8) is 0 Å². The third-order valence-electron chi connectivity index (χ3n) is 6.57. The highest BCUT2D eigenvalue weighted by Gasteiger charge is 2.28. The van der Waals surface area contributed by atoms with Crippen LogP contribution in [0.5, 0.6) is 0 Å². The van der Waals surface area contributed by atoms with Gasteiger partial charge < -0.3 is 25.7 Å². The Kier molecular flexibility index (Phi) is 22.6. The topological polar surface area (TPSA) is 110 Å². The maximum absolute atomic E-state index is 12.2. The molecule has 0 aromatic rings. The highest BCUT2D eigenvalue weighted by molar-refractivity contribution is 5.80. The van der Waals surface area contributed by atoms with Gasteiger partial charge in [-0.3, -0.25) is 4.79 Å². The summed E-state index contributed by atoms with van der Waals surface area (Å²) >= 11 is 0. The summed E-state index contributed by atoms with van der Waals surface area (Å²) in [6.45, 7) is 3.92. The first-order valence-corrected chi connectivity index (χ1v) is 13.9. The Hall–Kier alpha value is -0.690. The molecule has 0 aliphatic carbocycles. The van der Waals surface area contributed by atoms with E-state index in [1.54, 1.807) is 0 Å². The van der Waals surface area contributed by atoms with Gasteiger partial charge in [0.1, 0.15) is 12.2 Å². The van der Waals surface area contributed by atoms with E-state index in [0.717, 1.165) is 38.5 Å². The zero-order valence-corrected chi connectivity index (χ0v) is 21.6. The lowest BCUT2D eigenvalue weighted by atomic mass is 9.99. The van der Waals surface area contributed by atoms with Gasteiger partial charge in [-0.1, -0.05) is 123 Å². The zero-order valence-electron chi connectivity index (χ0n) is 21.6. The van der Waals surface area contributed by atoms with Crippen LogP contribution in [-0.4, -0.2) is 57.3 Å². The molecule has 4 unspecified atom stereocenters. The van der Waals surface area contributed by atoms with E-state index in [9.17, 15) is 25.2 Å². The predicted molar refractivity (Wildman–Crippen MR) is 136 cm³/mol. The van der Waals surface area contributed by atoms with Crippen LogP contribution in [0.3, 0.4) is 0 Å². The summed E-state index contributed by atoms with van der Waals surface area (Å²) in [6.07, 6.45) is 17.2. The first-order valence-electron chi connectivity index (χ1n) is 13.9. The molecule has 0 aromatic heterocycles. The molecule has 1 amide bonds. The molecule has 6 heteroatoms. The molecule has 0 heterocycles. The Labute approximate surface area is 203 Å². The predicted octanol–water partition coefficient (Wildman–Crippen LogP) is 5.00. The number of aliphatic hydroxyl groups excluding tert-OH is 4. The fourth-order valence-electron chi connectivity index (χ4n) is 4.22. The van der Waals surface area contributed by atoms with Crippen molar-refractivity contribution < 1.29 is 25.2 Å². The second-order valence-corrected chi connectivity index (χ2v) is 9.75. The summed E-state index contributed by atoms with van der Waals surface area (Å²) < 4.78 is 0. The molecule has 0 radical (unpaired) electrons. The second kappa shape index (κ2) is 23.1. The fraction of sp³-hybridized carbons (Fsp3) is 0.963. The third-order valence-corrected chi connectivity index (χ3v) is 6.57. The fourth-order valence-corrected chi connectivity index (χ4v) is 4.22. The number of nitrogens with one attached hydrogen (secondary N) is 1. The smallest absolute Gasteiger partial charge is 0.249 e. The quantitative estimate of drug-likeness (QED) is 0.127. The van der Waals surface area contributed by atoms with Crippen molar-refractivity contribution >= 4 is 5.91 Å². The molecular weight excluding hydrogens is 418 g/mol. The van der Waals surface area contributed by atoms with Crippen molar-refractivity contribution in [1.82, 2.24) is 5.32 Å². The highest BCUT2D eigenvalue weighted by atomic mass is 16.3. The molecule has 0 aromatic carbocycles. The van der Waals surface area contributed by atoms with Crippen LogP contribution in [0.2, 0.25) is 0 Å². The number of amides is 1. The number of carbonyl (C=O) groups is 1. The van der Waals surface area contributed by atoms with E-state index in [2.05, 4.69) is 19.2 Å². The average molecular weight is 474 g/mol. The van der Waals surface area contributed by atoms with Crippen LogP contribution in [-0.2, 0) is 4.79 Å². The molecule has 33 heavy (non-hydrogen) atoms. The SMILES string of the molecule is CCCCCCCCCCCCCC(O)C(=O)NC(CO)C(O)C(O)CCCCCCCC. The van der Waals surface area contributed by atoms with Gasteiger partial charge in [0, 0.05) is 0 Å². The molecule has 198 valence electrons. The van der Waals surface area contributed by atoms with E-state index in [4.69, 9.17) is 0 Å². The van der Waals surface area contributed by atoms with Crippen molar-refractivity contribution in [3.05, 3.63) is 0 Å². The number of unbranched alkanes of at least 4 members (excludes halogenated alkanes) is 15. The van der Waals surface area contributed by atoms with Crippen LogP contribution in [0, 0.1) is 0 Å². The molecule has 5 N–H and O–H groups in total. The minimum absolute atomic E-state index is 0.372. The molecule has 0 saturated heterocycles. The summed E-state index contributed by atoms with van der Waals surface area (Å²) in [6, 6.07) is -0.973. The minimum Gasteiger partial charge on any atom is -0.394 e. The molecule has 0 aliphatic rings. The number of hydrogen-bond donors (Lipinski definition) is 5. The van der Waals surface area contributed by atoms with E-state index >= 15 is 0 Å². The van der Waals surface area contributed by atoms with Gasteiger partial charge in [0.15, 0.2) is 0 Å². The van der Waals surface area contributed by atoms with Gasteiger partial charge in [-0.05, 0) is 12.8 Å². The van der Waals surface area contributed by atoms with E-state index in [1.165, 1.54) is 70.6 Å². The van der Waals surface area contributed by atoms with Crippen molar-refractivity contribution in [2.75, 3.05) is 6.61 Å². The monoisotopic (exact) mass is 473 g/mol. The van der Waals surface area contributed by atoms with E-state index < -0.39 is 36.9 Å².